The molecule has 18 heavy (non-hydrogen) atoms. The molecule has 0 fully saturated rings. The van der Waals surface area contributed by atoms with Crippen molar-refractivity contribution < 1.29 is 9.13 Å². The Bertz CT molecular complexity index is 523. The first kappa shape index (κ1) is 12.6. The molecule has 0 unspecified atom stereocenters. The smallest absolute Gasteiger partial charge is 0.123 e. The summed E-state index contributed by atoms with van der Waals surface area (Å²) in [7, 11) is 0. The zero-order valence-electron chi connectivity index (χ0n) is 10.3. The molecule has 0 aromatic heterocycles. The largest absolute Gasteiger partial charge is 0.489 e. The van der Waals surface area contributed by atoms with Gasteiger partial charge in [0, 0.05) is 6.54 Å². The molecule has 0 aliphatic heterocycles. The minimum absolute atomic E-state index is 0.236. The van der Waals surface area contributed by atoms with Crippen molar-refractivity contribution in [2.24, 2.45) is 5.73 Å². The number of halogens is 1. The third-order valence-electron chi connectivity index (χ3n) is 2.80. The zero-order valence-corrected chi connectivity index (χ0v) is 10.3. The van der Waals surface area contributed by atoms with Crippen molar-refractivity contribution in [1.82, 2.24) is 0 Å². The van der Waals surface area contributed by atoms with Crippen molar-refractivity contribution >= 4 is 0 Å². The predicted octanol–water partition coefficient (Wildman–Crippen LogP) is 3.17. The van der Waals surface area contributed by atoms with Gasteiger partial charge < -0.3 is 10.5 Å². The molecular formula is C15H16FNO. The Kier molecular flexibility index (Phi) is 3.95. The molecule has 0 saturated heterocycles. The van der Waals surface area contributed by atoms with Gasteiger partial charge in [-0.05, 0) is 41.8 Å². The Labute approximate surface area is 106 Å². The van der Waals surface area contributed by atoms with Crippen molar-refractivity contribution in [3.05, 3.63) is 65.0 Å². The van der Waals surface area contributed by atoms with Crippen LogP contribution in [-0.4, -0.2) is 0 Å². The minimum Gasteiger partial charge on any atom is -0.489 e. The second-order valence-corrected chi connectivity index (χ2v) is 4.22. The van der Waals surface area contributed by atoms with Crippen molar-refractivity contribution in [2.45, 2.75) is 20.1 Å². The van der Waals surface area contributed by atoms with Gasteiger partial charge in [0.1, 0.15) is 18.2 Å². The molecule has 2 nitrogen and oxygen atoms in total. The van der Waals surface area contributed by atoms with Crippen LogP contribution in [0.1, 0.15) is 16.7 Å². The molecule has 0 aliphatic carbocycles. The lowest BCUT2D eigenvalue weighted by molar-refractivity contribution is 0.303. The first-order valence-corrected chi connectivity index (χ1v) is 5.86. The minimum atomic E-state index is -0.236. The van der Waals surface area contributed by atoms with Gasteiger partial charge in [-0.2, -0.15) is 0 Å². The van der Waals surface area contributed by atoms with Gasteiger partial charge in [0.2, 0.25) is 0 Å². The van der Waals surface area contributed by atoms with Gasteiger partial charge in [-0.3, -0.25) is 0 Å². The van der Waals surface area contributed by atoms with Crippen molar-refractivity contribution in [1.29, 1.82) is 0 Å². The molecule has 0 bridgehead atoms. The van der Waals surface area contributed by atoms with Gasteiger partial charge in [0.25, 0.3) is 0 Å². The zero-order chi connectivity index (χ0) is 13.0. The van der Waals surface area contributed by atoms with E-state index in [0.29, 0.717) is 13.2 Å². The molecule has 0 heterocycles. The van der Waals surface area contributed by atoms with E-state index in [1.165, 1.54) is 12.1 Å². The molecule has 0 spiro atoms. The molecule has 0 amide bonds. The van der Waals surface area contributed by atoms with E-state index < -0.39 is 0 Å². The van der Waals surface area contributed by atoms with Crippen LogP contribution in [-0.2, 0) is 13.2 Å². The van der Waals surface area contributed by atoms with Crippen LogP contribution in [0, 0.1) is 12.7 Å². The van der Waals surface area contributed by atoms with E-state index in [9.17, 15) is 4.39 Å². The number of nitrogens with two attached hydrogens (primary N) is 1. The monoisotopic (exact) mass is 245 g/mol. The van der Waals surface area contributed by atoms with E-state index in [2.05, 4.69) is 0 Å². The summed E-state index contributed by atoms with van der Waals surface area (Å²) < 4.78 is 18.5. The first-order valence-electron chi connectivity index (χ1n) is 5.86. The molecule has 0 radical (unpaired) electrons. The molecule has 2 rings (SSSR count). The topological polar surface area (TPSA) is 35.2 Å². The molecule has 2 N–H and O–H groups in total. The van der Waals surface area contributed by atoms with Crippen LogP contribution in [0.4, 0.5) is 4.39 Å². The summed E-state index contributed by atoms with van der Waals surface area (Å²) in [4.78, 5) is 0. The fraction of sp³-hybridized carbons (Fsp3) is 0.200. The molecule has 2 aromatic rings. The molecular weight excluding hydrogens is 229 g/mol. The molecule has 94 valence electrons. The second-order valence-electron chi connectivity index (χ2n) is 4.22. The van der Waals surface area contributed by atoms with Crippen LogP contribution in [0.3, 0.4) is 0 Å². The Morgan fingerprint density at radius 2 is 1.72 bits per heavy atom. The van der Waals surface area contributed by atoms with E-state index in [4.69, 9.17) is 10.5 Å². The van der Waals surface area contributed by atoms with Crippen LogP contribution in [0.25, 0.3) is 0 Å². The quantitative estimate of drug-likeness (QED) is 0.898. The maximum atomic E-state index is 12.8. The van der Waals surface area contributed by atoms with Crippen molar-refractivity contribution in [2.75, 3.05) is 0 Å². The van der Waals surface area contributed by atoms with Crippen molar-refractivity contribution in [3.8, 4) is 5.75 Å². The number of aryl methyl sites for hydroxylation is 1. The van der Waals surface area contributed by atoms with Gasteiger partial charge >= 0.3 is 0 Å². The molecule has 2 aromatic carbocycles. The van der Waals surface area contributed by atoms with E-state index >= 15 is 0 Å². The number of rotatable bonds is 4. The van der Waals surface area contributed by atoms with Gasteiger partial charge in [-0.1, -0.05) is 24.3 Å². The summed E-state index contributed by atoms with van der Waals surface area (Å²) in [6.07, 6.45) is 0. The maximum absolute atomic E-state index is 12.8. The van der Waals surface area contributed by atoms with E-state index in [0.717, 1.165) is 22.4 Å². The highest BCUT2D eigenvalue weighted by Gasteiger charge is 2.02. The number of hydrogen-bond acceptors (Lipinski definition) is 2. The first-order chi connectivity index (χ1) is 8.69. The van der Waals surface area contributed by atoms with Crippen LogP contribution < -0.4 is 10.5 Å². The van der Waals surface area contributed by atoms with Gasteiger partial charge in [0.05, 0.1) is 0 Å². The van der Waals surface area contributed by atoms with Crippen LogP contribution >= 0.6 is 0 Å². The molecule has 0 aliphatic rings. The Morgan fingerprint density at radius 3 is 2.39 bits per heavy atom. The Hall–Kier alpha value is -1.87. The highest BCUT2D eigenvalue weighted by Crippen LogP contribution is 2.20. The number of benzene rings is 2. The highest BCUT2D eigenvalue weighted by molar-refractivity contribution is 5.36. The summed E-state index contributed by atoms with van der Waals surface area (Å²) in [5, 5.41) is 0. The second kappa shape index (κ2) is 5.65. The Morgan fingerprint density at radius 1 is 1.06 bits per heavy atom. The van der Waals surface area contributed by atoms with Gasteiger partial charge in [-0.15, -0.1) is 0 Å². The fourth-order valence-corrected chi connectivity index (χ4v) is 1.67. The summed E-state index contributed by atoms with van der Waals surface area (Å²) in [6, 6.07) is 12.2. The highest BCUT2D eigenvalue weighted by atomic mass is 19.1. The van der Waals surface area contributed by atoms with Crippen LogP contribution in [0.5, 0.6) is 5.75 Å². The molecule has 3 heteroatoms. The van der Waals surface area contributed by atoms with E-state index in [-0.39, 0.29) is 5.82 Å². The normalized spacial score (nSPS) is 10.4. The number of ether oxygens (including phenoxy) is 1. The standard InChI is InChI=1S/C15H16FNO/c1-11-2-3-13(9-17)8-15(11)18-10-12-4-6-14(16)7-5-12/h2-8H,9-10,17H2,1H3. The maximum Gasteiger partial charge on any atom is 0.123 e. The lowest BCUT2D eigenvalue weighted by Crippen LogP contribution is -2.00. The molecule has 0 atom stereocenters. The summed E-state index contributed by atoms with van der Waals surface area (Å²) in [5.74, 6) is 0.585. The van der Waals surface area contributed by atoms with E-state index in [1.807, 2.05) is 25.1 Å². The van der Waals surface area contributed by atoms with E-state index in [1.54, 1.807) is 12.1 Å². The fourth-order valence-electron chi connectivity index (χ4n) is 1.67. The third kappa shape index (κ3) is 3.08. The molecule has 0 saturated carbocycles. The van der Waals surface area contributed by atoms with Crippen molar-refractivity contribution in [3.63, 3.8) is 0 Å². The van der Waals surface area contributed by atoms with Crippen LogP contribution in [0.15, 0.2) is 42.5 Å². The SMILES string of the molecule is Cc1ccc(CN)cc1OCc1ccc(F)cc1. The lowest BCUT2D eigenvalue weighted by atomic mass is 10.1. The Balaban J connectivity index is 2.07. The average Bonchev–Trinajstić information content (AvgIpc) is 2.40. The summed E-state index contributed by atoms with van der Waals surface area (Å²) in [6.45, 7) is 2.91. The number of hydrogen-bond donors (Lipinski definition) is 1. The summed E-state index contributed by atoms with van der Waals surface area (Å²) in [5.41, 5.74) is 8.64. The third-order valence-corrected chi connectivity index (χ3v) is 2.80. The lowest BCUT2D eigenvalue weighted by Gasteiger charge is -2.10. The van der Waals surface area contributed by atoms with Crippen LogP contribution in [0.2, 0.25) is 0 Å². The van der Waals surface area contributed by atoms with Gasteiger partial charge in [-0.25, -0.2) is 4.39 Å². The summed E-state index contributed by atoms with van der Waals surface area (Å²) >= 11 is 0. The average molecular weight is 245 g/mol. The van der Waals surface area contributed by atoms with Gasteiger partial charge in [0.15, 0.2) is 0 Å². The predicted molar refractivity (Wildman–Crippen MR) is 69.8 cm³/mol.